The molecule has 0 aliphatic carbocycles. The minimum absolute atomic E-state index is 0.0116. The third-order valence-electron chi connectivity index (χ3n) is 2.06. The average Bonchev–Trinajstić information content (AvgIpc) is 2.79. The third kappa shape index (κ3) is 1.70. The summed E-state index contributed by atoms with van der Waals surface area (Å²) in [6, 6.07) is 2.03. The van der Waals surface area contributed by atoms with E-state index in [2.05, 4.69) is 15.8 Å². The highest BCUT2D eigenvalue weighted by Gasteiger charge is 2.14. The molecule has 0 aliphatic rings. The molecule has 1 atom stereocenters. The first-order valence-corrected chi connectivity index (χ1v) is 5.21. The van der Waals surface area contributed by atoms with Gasteiger partial charge in [0.05, 0.1) is 18.1 Å². The van der Waals surface area contributed by atoms with Gasteiger partial charge in [0.2, 0.25) is 0 Å². The highest BCUT2D eigenvalue weighted by Crippen LogP contribution is 2.21. The number of hydrogen-bond donors (Lipinski definition) is 2. The van der Waals surface area contributed by atoms with Gasteiger partial charge < -0.3 is 4.57 Å². The molecule has 2 aromatic rings. The lowest BCUT2D eigenvalue weighted by atomic mass is 10.1. The maximum Gasteiger partial charge on any atom is 0.0947 e. The van der Waals surface area contributed by atoms with Crippen molar-refractivity contribution < 1.29 is 0 Å². The summed E-state index contributed by atoms with van der Waals surface area (Å²) in [6.45, 7) is 0. The van der Waals surface area contributed by atoms with E-state index in [0.29, 0.717) is 0 Å². The van der Waals surface area contributed by atoms with Crippen molar-refractivity contribution >= 4 is 11.3 Å². The highest BCUT2D eigenvalue weighted by molar-refractivity contribution is 7.08. The van der Waals surface area contributed by atoms with Crippen LogP contribution in [-0.2, 0) is 7.05 Å². The zero-order valence-corrected chi connectivity index (χ0v) is 8.66. The molecule has 5 heteroatoms. The molecular weight excluding hydrogens is 196 g/mol. The Morgan fingerprint density at radius 2 is 2.50 bits per heavy atom. The minimum atomic E-state index is -0.0116. The van der Waals surface area contributed by atoms with Crippen molar-refractivity contribution in [1.29, 1.82) is 0 Å². The Balaban J connectivity index is 2.31. The van der Waals surface area contributed by atoms with E-state index in [0.717, 1.165) is 11.3 Å². The largest absolute Gasteiger partial charge is 0.340 e. The van der Waals surface area contributed by atoms with Crippen molar-refractivity contribution in [3.63, 3.8) is 0 Å². The molecule has 0 fully saturated rings. The Morgan fingerprint density at radius 3 is 3.00 bits per heavy atom. The van der Waals surface area contributed by atoms with Crippen LogP contribution in [0.25, 0.3) is 0 Å². The predicted molar refractivity (Wildman–Crippen MR) is 56.7 cm³/mol. The number of nitrogens with zero attached hydrogens (tertiary/aromatic N) is 2. The van der Waals surface area contributed by atoms with Crippen LogP contribution in [0.2, 0.25) is 0 Å². The van der Waals surface area contributed by atoms with Crippen LogP contribution in [0.5, 0.6) is 0 Å². The van der Waals surface area contributed by atoms with Crippen LogP contribution in [0.15, 0.2) is 29.4 Å². The second-order valence-electron chi connectivity index (χ2n) is 3.12. The molecule has 0 radical (unpaired) electrons. The van der Waals surface area contributed by atoms with Crippen molar-refractivity contribution in [3.8, 4) is 0 Å². The number of nitrogens with two attached hydrogens (primary N) is 1. The van der Waals surface area contributed by atoms with Gasteiger partial charge in [-0.2, -0.15) is 11.3 Å². The molecule has 4 nitrogen and oxygen atoms in total. The van der Waals surface area contributed by atoms with E-state index < -0.39 is 0 Å². The van der Waals surface area contributed by atoms with Crippen molar-refractivity contribution in [3.05, 3.63) is 40.6 Å². The number of imidazole rings is 1. The summed E-state index contributed by atoms with van der Waals surface area (Å²) in [6.07, 6.45) is 3.73. The van der Waals surface area contributed by atoms with E-state index in [-0.39, 0.29) is 6.04 Å². The fourth-order valence-corrected chi connectivity index (χ4v) is 2.06. The van der Waals surface area contributed by atoms with E-state index in [1.165, 1.54) is 0 Å². The molecule has 0 amide bonds. The molecule has 0 aliphatic heterocycles. The third-order valence-corrected chi connectivity index (χ3v) is 2.77. The molecule has 3 N–H and O–H groups in total. The summed E-state index contributed by atoms with van der Waals surface area (Å²) >= 11 is 1.65. The first-order chi connectivity index (χ1) is 6.81. The summed E-state index contributed by atoms with van der Waals surface area (Å²) in [7, 11) is 1.94. The fourth-order valence-electron chi connectivity index (χ4n) is 1.37. The smallest absolute Gasteiger partial charge is 0.0947 e. The number of nitrogens with one attached hydrogen (secondary N) is 1. The van der Waals surface area contributed by atoms with Crippen molar-refractivity contribution in [2.24, 2.45) is 12.9 Å². The monoisotopic (exact) mass is 208 g/mol. The number of aryl methyl sites for hydroxylation is 1. The molecule has 0 spiro atoms. The van der Waals surface area contributed by atoms with Gasteiger partial charge in [-0.1, -0.05) is 0 Å². The zero-order valence-electron chi connectivity index (χ0n) is 7.84. The van der Waals surface area contributed by atoms with Gasteiger partial charge in [0.25, 0.3) is 0 Å². The van der Waals surface area contributed by atoms with Gasteiger partial charge in [-0.05, 0) is 22.4 Å². The maximum absolute atomic E-state index is 5.51. The van der Waals surface area contributed by atoms with E-state index in [1.807, 2.05) is 29.3 Å². The molecule has 0 saturated carbocycles. The van der Waals surface area contributed by atoms with E-state index in [9.17, 15) is 0 Å². The lowest BCUT2D eigenvalue weighted by Crippen LogP contribution is -2.28. The Hall–Kier alpha value is -1.17. The molecule has 0 aromatic carbocycles. The quantitative estimate of drug-likeness (QED) is 0.585. The minimum Gasteiger partial charge on any atom is -0.340 e. The highest BCUT2D eigenvalue weighted by atomic mass is 32.1. The SMILES string of the molecule is Cn1cnc(C(NN)c2ccsc2)c1. The Bertz CT molecular complexity index is 393. The fraction of sp³-hybridized carbons (Fsp3) is 0.222. The number of aromatic nitrogens is 2. The van der Waals surface area contributed by atoms with Crippen LogP contribution < -0.4 is 11.3 Å². The van der Waals surface area contributed by atoms with Gasteiger partial charge in [-0.15, -0.1) is 0 Å². The normalized spacial score (nSPS) is 13.0. The van der Waals surface area contributed by atoms with E-state index >= 15 is 0 Å². The molecule has 1 unspecified atom stereocenters. The Kier molecular flexibility index (Phi) is 2.62. The zero-order chi connectivity index (χ0) is 9.97. The van der Waals surface area contributed by atoms with Crippen LogP contribution in [0, 0.1) is 0 Å². The molecule has 0 bridgehead atoms. The molecular formula is C9H12N4S. The summed E-state index contributed by atoms with van der Waals surface area (Å²) in [4.78, 5) is 4.27. The summed E-state index contributed by atoms with van der Waals surface area (Å²) in [5.41, 5.74) is 4.85. The number of hydrogen-bond acceptors (Lipinski definition) is 4. The molecule has 74 valence electrons. The molecule has 2 rings (SSSR count). The van der Waals surface area contributed by atoms with Gasteiger partial charge in [0, 0.05) is 13.2 Å². The molecule has 2 heterocycles. The van der Waals surface area contributed by atoms with E-state index in [4.69, 9.17) is 5.84 Å². The standard InChI is InChI=1S/C9H12N4S/c1-13-4-8(11-6-13)9(12-10)7-2-3-14-5-7/h2-6,9,12H,10H2,1H3. The van der Waals surface area contributed by atoms with Crippen LogP contribution in [0.1, 0.15) is 17.3 Å². The second kappa shape index (κ2) is 3.91. The summed E-state index contributed by atoms with van der Waals surface area (Å²) in [5, 5.41) is 4.10. The Morgan fingerprint density at radius 1 is 1.64 bits per heavy atom. The van der Waals surface area contributed by atoms with Crippen LogP contribution >= 0.6 is 11.3 Å². The van der Waals surface area contributed by atoms with E-state index in [1.54, 1.807) is 17.7 Å². The molecule has 2 aromatic heterocycles. The van der Waals surface area contributed by atoms with Gasteiger partial charge in [0.15, 0.2) is 0 Å². The van der Waals surface area contributed by atoms with Crippen molar-refractivity contribution in [2.75, 3.05) is 0 Å². The molecule has 14 heavy (non-hydrogen) atoms. The number of thiophene rings is 1. The van der Waals surface area contributed by atoms with Crippen LogP contribution in [0.4, 0.5) is 0 Å². The first kappa shape index (κ1) is 9.39. The van der Waals surface area contributed by atoms with Crippen LogP contribution in [0.3, 0.4) is 0 Å². The van der Waals surface area contributed by atoms with Crippen LogP contribution in [-0.4, -0.2) is 9.55 Å². The summed E-state index contributed by atoms with van der Waals surface area (Å²) < 4.78 is 1.91. The number of rotatable bonds is 3. The number of hydrazine groups is 1. The topological polar surface area (TPSA) is 55.9 Å². The van der Waals surface area contributed by atoms with Gasteiger partial charge in [0.1, 0.15) is 0 Å². The van der Waals surface area contributed by atoms with Crippen molar-refractivity contribution in [1.82, 2.24) is 15.0 Å². The second-order valence-corrected chi connectivity index (χ2v) is 3.90. The van der Waals surface area contributed by atoms with Crippen molar-refractivity contribution in [2.45, 2.75) is 6.04 Å². The maximum atomic E-state index is 5.51. The van der Waals surface area contributed by atoms with Gasteiger partial charge in [-0.25, -0.2) is 10.4 Å². The Labute approximate surface area is 86.4 Å². The first-order valence-electron chi connectivity index (χ1n) is 4.27. The lowest BCUT2D eigenvalue weighted by molar-refractivity contribution is 0.625. The predicted octanol–water partition coefficient (Wildman–Crippen LogP) is 1.03. The molecule has 0 saturated heterocycles. The average molecular weight is 208 g/mol. The van der Waals surface area contributed by atoms with Gasteiger partial charge >= 0.3 is 0 Å². The summed E-state index contributed by atoms with van der Waals surface area (Å²) in [5.74, 6) is 5.51. The van der Waals surface area contributed by atoms with Gasteiger partial charge in [-0.3, -0.25) is 5.84 Å². The lowest BCUT2D eigenvalue weighted by Gasteiger charge is -2.11.